The van der Waals surface area contributed by atoms with Gasteiger partial charge in [-0.15, -0.1) is 0 Å². The summed E-state index contributed by atoms with van der Waals surface area (Å²) in [6.45, 7) is 7.51. The zero-order valence-electron chi connectivity index (χ0n) is 10.7. The molecule has 0 aliphatic heterocycles. The molecule has 93 valence electrons. The minimum absolute atomic E-state index is 0.546. The van der Waals surface area contributed by atoms with Crippen LogP contribution in [0.4, 0.5) is 0 Å². The highest BCUT2D eigenvalue weighted by Crippen LogP contribution is 2.31. The van der Waals surface area contributed by atoms with Crippen molar-refractivity contribution in [2.75, 3.05) is 19.8 Å². The third-order valence-electron chi connectivity index (χ3n) is 2.24. The van der Waals surface area contributed by atoms with Crippen LogP contribution in [0.2, 0.25) is 0 Å². The first kappa shape index (κ1) is 14.2. The van der Waals surface area contributed by atoms with Gasteiger partial charge in [-0.3, -0.25) is 0 Å². The fraction of sp³-hybridized carbons (Fsp3) is 0.538. The highest BCUT2D eigenvalue weighted by molar-refractivity contribution is 6.14. The van der Waals surface area contributed by atoms with E-state index >= 15 is 0 Å². The number of hydrogen-bond donors (Lipinski definition) is 0. The van der Waals surface area contributed by atoms with Crippen LogP contribution in [0, 0.1) is 0 Å². The predicted molar refractivity (Wildman–Crippen MR) is 68.3 cm³/mol. The summed E-state index contributed by atoms with van der Waals surface area (Å²) in [5, 5.41) is 0. The Labute approximate surface area is 106 Å². The number of rotatable bonds is 7. The molecule has 3 nitrogen and oxygen atoms in total. The van der Waals surface area contributed by atoms with Gasteiger partial charge in [0.15, 0.2) is 5.41 Å². The second-order valence-corrected chi connectivity index (χ2v) is 4.07. The van der Waals surface area contributed by atoms with E-state index in [4.69, 9.17) is 14.2 Å². The van der Waals surface area contributed by atoms with Crippen molar-refractivity contribution in [3.63, 3.8) is 0 Å². The molecule has 0 saturated carbocycles. The summed E-state index contributed by atoms with van der Waals surface area (Å²) in [7, 11) is 3.57. The molecule has 0 fully saturated rings. The molecule has 0 aliphatic rings. The first-order chi connectivity index (χ1) is 8.18. The van der Waals surface area contributed by atoms with Gasteiger partial charge in [0, 0.05) is 18.8 Å². The van der Waals surface area contributed by atoms with Gasteiger partial charge in [-0.1, -0.05) is 18.2 Å². The van der Waals surface area contributed by atoms with E-state index in [1.807, 2.05) is 45.0 Å². The largest absolute Gasteiger partial charge is 0.493 e. The van der Waals surface area contributed by atoms with Crippen molar-refractivity contribution < 1.29 is 14.2 Å². The van der Waals surface area contributed by atoms with Gasteiger partial charge in [0.2, 0.25) is 0 Å². The second-order valence-electron chi connectivity index (χ2n) is 3.41. The lowest BCUT2D eigenvalue weighted by molar-refractivity contribution is -0.181. The topological polar surface area (TPSA) is 27.7 Å². The standard InChI is InChI=1S/C13H19O3Si/c1-4-14-12-10-8-7-9-11(12)13(17,15-5-2)16-6-3/h7-10H,4-6H2,1-3H3. The fourth-order valence-corrected chi connectivity index (χ4v) is 2.12. The van der Waals surface area contributed by atoms with Gasteiger partial charge in [0.05, 0.1) is 6.61 Å². The monoisotopic (exact) mass is 251 g/mol. The molecule has 1 rings (SSSR count). The third-order valence-corrected chi connectivity index (χ3v) is 2.79. The van der Waals surface area contributed by atoms with Crippen LogP contribution in [0.15, 0.2) is 24.3 Å². The van der Waals surface area contributed by atoms with E-state index in [0.717, 1.165) is 11.3 Å². The number of hydrogen-bond acceptors (Lipinski definition) is 3. The third kappa shape index (κ3) is 3.56. The van der Waals surface area contributed by atoms with Gasteiger partial charge >= 0.3 is 0 Å². The Hall–Kier alpha value is -0.843. The van der Waals surface area contributed by atoms with Gasteiger partial charge in [0.25, 0.3) is 0 Å². The minimum Gasteiger partial charge on any atom is -0.493 e. The van der Waals surface area contributed by atoms with Gasteiger partial charge < -0.3 is 14.2 Å². The van der Waals surface area contributed by atoms with Crippen molar-refractivity contribution >= 4 is 10.2 Å². The van der Waals surface area contributed by atoms with Crippen molar-refractivity contribution in [2.45, 2.75) is 26.2 Å². The van der Waals surface area contributed by atoms with Crippen molar-refractivity contribution in [3.8, 4) is 5.75 Å². The Morgan fingerprint density at radius 3 is 2.12 bits per heavy atom. The number of ether oxygens (including phenoxy) is 3. The Balaban J connectivity index is 3.08. The van der Waals surface area contributed by atoms with Crippen LogP contribution in [0.3, 0.4) is 0 Å². The van der Waals surface area contributed by atoms with Crippen LogP contribution in [0.25, 0.3) is 0 Å². The molecule has 0 aromatic heterocycles. The van der Waals surface area contributed by atoms with E-state index in [9.17, 15) is 0 Å². The molecule has 17 heavy (non-hydrogen) atoms. The van der Waals surface area contributed by atoms with Crippen LogP contribution < -0.4 is 4.74 Å². The second kappa shape index (κ2) is 6.79. The van der Waals surface area contributed by atoms with E-state index in [1.54, 1.807) is 0 Å². The molecule has 0 atom stereocenters. The average Bonchev–Trinajstić information content (AvgIpc) is 2.31. The average molecular weight is 251 g/mol. The molecule has 0 spiro atoms. The van der Waals surface area contributed by atoms with E-state index in [1.165, 1.54) is 0 Å². The van der Waals surface area contributed by atoms with Crippen LogP contribution in [-0.2, 0) is 14.9 Å². The van der Waals surface area contributed by atoms with Gasteiger partial charge in [-0.25, -0.2) is 0 Å². The fourth-order valence-electron chi connectivity index (χ4n) is 1.62. The van der Waals surface area contributed by atoms with E-state index < -0.39 is 5.41 Å². The van der Waals surface area contributed by atoms with Crippen molar-refractivity contribution in [1.82, 2.24) is 0 Å². The maximum atomic E-state index is 5.65. The highest BCUT2D eigenvalue weighted by Gasteiger charge is 2.30. The molecular weight excluding hydrogens is 232 g/mol. The van der Waals surface area contributed by atoms with Gasteiger partial charge in [0.1, 0.15) is 16.0 Å². The van der Waals surface area contributed by atoms with Crippen molar-refractivity contribution in [3.05, 3.63) is 29.8 Å². The maximum Gasteiger partial charge on any atom is 0.172 e. The minimum atomic E-state index is -0.935. The Morgan fingerprint density at radius 1 is 1.00 bits per heavy atom. The zero-order valence-corrected chi connectivity index (χ0v) is 11.7. The lowest BCUT2D eigenvalue weighted by Crippen LogP contribution is -2.34. The van der Waals surface area contributed by atoms with E-state index in [2.05, 4.69) is 10.2 Å². The summed E-state index contributed by atoms with van der Waals surface area (Å²) in [6.07, 6.45) is 0. The summed E-state index contributed by atoms with van der Waals surface area (Å²) in [6, 6.07) is 7.71. The van der Waals surface area contributed by atoms with Gasteiger partial charge in [-0.05, 0) is 26.8 Å². The maximum absolute atomic E-state index is 5.65. The molecule has 1 aromatic carbocycles. The molecule has 0 heterocycles. The van der Waals surface area contributed by atoms with Crippen molar-refractivity contribution in [1.29, 1.82) is 0 Å². The van der Waals surface area contributed by atoms with Crippen LogP contribution in [0.1, 0.15) is 26.3 Å². The van der Waals surface area contributed by atoms with Crippen LogP contribution in [-0.4, -0.2) is 30.1 Å². The molecule has 0 unspecified atom stereocenters. The lowest BCUT2D eigenvalue weighted by Gasteiger charge is -2.31. The highest BCUT2D eigenvalue weighted by atomic mass is 28.1. The Morgan fingerprint density at radius 2 is 1.59 bits per heavy atom. The first-order valence-electron chi connectivity index (χ1n) is 5.93. The summed E-state index contributed by atoms with van der Waals surface area (Å²) >= 11 is 0. The van der Waals surface area contributed by atoms with E-state index in [-0.39, 0.29) is 0 Å². The molecular formula is C13H19O3Si. The molecule has 4 heteroatoms. The summed E-state index contributed by atoms with van der Waals surface area (Å²) < 4.78 is 16.9. The quantitative estimate of drug-likeness (QED) is 0.550. The smallest absolute Gasteiger partial charge is 0.172 e. The molecule has 0 N–H and O–H groups in total. The Kier molecular flexibility index (Phi) is 5.68. The summed E-state index contributed by atoms with van der Waals surface area (Å²) in [5.41, 5.74) is -0.0860. The molecule has 3 radical (unpaired) electrons. The number of benzene rings is 1. The summed E-state index contributed by atoms with van der Waals surface area (Å²) in [5.74, 6) is 0.770. The Bertz CT molecular complexity index is 335. The predicted octanol–water partition coefficient (Wildman–Crippen LogP) is 2.44. The normalized spacial score (nSPS) is 11.5. The summed E-state index contributed by atoms with van der Waals surface area (Å²) in [4.78, 5) is 0. The van der Waals surface area contributed by atoms with Crippen LogP contribution >= 0.6 is 0 Å². The zero-order chi connectivity index (χ0) is 12.7. The molecule has 0 aliphatic carbocycles. The first-order valence-corrected chi connectivity index (χ1v) is 6.43. The van der Waals surface area contributed by atoms with Gasteiger partial charge in [-0.2, -0.15) is 0 Å². The number of para-hydroxylation sites is 1. The van der Waals surface area contributed by atoms with Crippen molar-refractivity contribution in [2.24, 2.45) is 0 Å². The molecule has 0 amide bonds. The van der Waals surface area contributed by atoms with Crippen LogP contribution in [0.5, 0.6) is 5.75 Å². The molecule has 0 bridgehead atoms. The van der Waals surface area contributed by atoms with E-state index in [0.29, 0.717) is 19.8 Å². The molecule has 0 saturated heterocycles. The SMILES string of the molecule is CCOc1ccccc1C([Si])(OCC)OCC. The molecule has 1 aromatic rings. The lowest BCUT2D eigenvalue weighted by atomic mass is 10.2.